The molecule has 4 rings (SSSR count). The number of ether oxygens (including phenoxy) is 2. The highest BCUT2D eigenvalue weighted by molar-refractivity contribution is 7.19. The van der Waals surface area contributed by atoms with Crippen molar-refractivity contribution in [3.05, 3.63) is 42.2 Å². The maximum absolute atomic E-state index is 12.2. The standard InChI is InChI=1S/C25H31ClN6O3S/c1-16-21(17-8-10-19(34-5)11-9-17)36-23(28-16)32(26)22-27-13-12-20(30-22)31-14-6-7-18(15-31)29-24(33)35-25(2,3)4/h8-13,18H,6-7,14-15H2,1-5H3,(H,29,33)/t18-/m0/s1. The van der Waals surface area contributed by atoms with Crippen LogP contribution < -0.4 is 19.4 Å². The lowest BCUT2D eigenvalue weighted by Crippen LogP contribution is -2.49. The summed E-state index contributed by atoms with van der Waals surface area (Å²) in [6.45, 7) is 8.95. The zero-order valence-electron chi connectivity index (χ0n) is 21.1. The summed E-state index contributed by atoms with van der Waals surface area (Å²) in [6.07, 6.45) is 3.07. The Bertz CT molecular complexity index is 1200. The number of piperidine rings is 1. The average molecular weight is 531 g/mol. The number of anilines is 3. The maximum atomic E-state index is 12.2. The first-order chi connectivity index (χ1) is 17.1. The topological polar surface area (TPSA) is 92.7 Å². The average Bonchev–Trinajstić information content (AvgIpc) is 3.24. The van der Waals surface area contributed by atoms with Crippen LogP contribution in [0.15, 0.2) is 36.5 Å². The highest BCUT2D eigenvalue weighted by atomic mass is 35.5. The first kappa shape index (κ1) is 26.0. The number of hydrogen-bond acceptors (Lipinski definition) is 9. The largest absolute Gasteiger partial charge is 0.497 e. The summed E-state index contributed by atoms with van der Waals surface area (Å²) in [7, 11) is 1.64. The molecule has 3 heterocycles. The Balaban J connectivity index is 1.47. The third kappa shape index (κ3) is 6.36. The second-order valence-corrected chi connectivity index (χ2v) is 10.9. The zero-order valence-corrected chi connectivity index (χ0v) is 22.7. The van der Waals surface area contributed by atoms with Gasteiger partial charge in [-0.2, -0.15) is 9.40 Å². The van der Waals surface area contributed by atoms with Crippen LogP contribution in [-0.4, -0.2) is 52.9 Å². The fourth-order valence-electron chi connectivity index (χ4n) is 3.95. The van der Waals surface area contributed by atoms with E-state index in [0.29, 0.717) is 17.6 Å². The number of benzene rings is 1. The Kier molecular flexibility index (Phi) is 7.85. The van der Waals surface area contributed by atoms with Gasteiger partial charge in [0.15, 0.2) is 0 Å². The highest BCUT2D eigenvalue weighted by Crippen LogP contribution is 2.38. The normalized spacial score (nSPS) is 15.9. The van der Waals surface area contributed by atoms with Crippen molar-refractivity contribution < 1.29 is 14.3 Å². The monoisotopic (exact) mass is 530 g/mol. The van der Waals surface area contributed by atoms with E-state index in [2.05, 4.69) is 20.2 Å². The van der Waals surface area contributed by atoms with Crippen molar-refractivity contribution in [1.29, 1.82) is 0 Å². The van der Waals surface area contributed by atoms with Crippen molar-refractivity contribution in [1.82, 2.24) is 20.3 Å². The molecule has 0 unspecified atom stereocenters. The van der Waals surface area contributed by atoms with Crippen LogP contribution in [-0.2, 0) is 4.74 Å². The Morgan fingerprint density at radius 1 is 1.22 bits per heavy atom. The lowest BCUT2D eigenvalue weighted by molar-refractivity contribution is 0.0500. The molecule has 9 nitrogen and oxygen atoms in total. The van der Waals surface area contributed by atoms with Gasteiger partial charge in [0.1, 0.15) is 17.2 Å². The lowest BCUT2D eigenvalue weighted by Gasteiger charge is -2.34. The van der Waals surface area contributed by atoms with Crippen LogP contribution in [0.4, 0.5) is 21.7 Å². The van der Waals surface area contributed by atoms with Crippen LogP contribution in [0.5, 0.6) is 5.75 Å². The molecule has 2 aromatic heterocycles. The molecule has 1 aliphatic heterocycles. The molecule has 1 amide bonds. The number of nitrogens with zero attached hydrogens (tertiary/aromatic N) is 5. The fraction of sp³-hybridized carbons (Fsp3) is 0.440. The number of halogens is 1. The number of carbonyl (C=O) groups is 1. The number of alkyl carbamates (subject to hydrolysis) is 1. The molecule has 36 heavy (non-hydrogen) atoms. The van der Waals surface area contributed by atoms with Gasteiger partial charge in [-0.1, -0.05) is 11.3 Å². The third-order valence-corrected chi connectivity index (χ3v) is 7.18. The number of aryl methyl sites for hydroxylation is 1. The molecule has 1 N–H and O–H groups in total. The quantitative estimate of drug-likeness (QED) is 0.405. The molecule has 1 atom stereocenters. The van der Waals surface area contributed by atoms with E-state index in [9.17, 15) is 4.79 Å². The number of aromatic nitrogens is 3. The van der Waals surface area contributed by atoms with Crippen LogP contribution in [0.25, 0.3) is 10.4 Å². The highest BCUT2D eigenvalue weighted by Gasteiger charge is 2.26. The van der Waals surface area contributed by atoms with E-state index < -0.39 is 11.7 Å². The van der Waals surface area contributed by atoms with Crippen molar-refractivity contribution in [2.24, 2.45) is 0 Å². The molecule has 192 valence electrons. The minimum atomic E-state index is -0.536. The minimum absolute atomic E-state index is 0.0345. The summed E-state index contributed by atoms with van der Waals surface area (Å²) in [5, 5.41) is 3.55. The Morgan fingerprint density at radius 2 is 1.97 bits per heavy atom. The molecule has 0 aliphatic carbocycles. The number of amides is 1. The van der Waals surface area contributed by atoms with Gasteiger partial charge in [0.2, 0.25) is 11.1 Å². The fourth-order valence-corrected chi connectivity index (χ4v) is 5.15. The van der Waals surface area contributed by atoms with Gasteiger partial charge < -0.3 is 19.7 Å². The molecule has 0 radical (unpaired) electrons. The minimum Gasteiger partial charge on any atom is -0.497 e. The van der Waals surface area contributed by atoms with Gasteiger partial charge in [0.05, 0.1) is 17.7 Å². The summed E-state index contributed by atoms with van der Waals surface area (Å²) in [5.74, 6) is 1.88. The molecule has 0 bridgehead atoms. The first-order valence-corrected chi connectivity index (χ1v) is 12.9. The predicted octanol–water partition coefficient (Wildman–Crippen LogP) is 5.70. The van der Waals surface area contributed by atoms with E-state index in [4.69, 9.17) is 26.2 Å². The van der Waals surface area contributed by atoms with Gasteiger partial charge >= 0.3 is 6.09 Å². The summed E-state index contributed by atoms with van der Waals surface area (Å²) < 4.78 is 12.0. The summed E-state index contributed by atoms with van der Waals surface area (Å²) in [6, 6.07) is 9.65. The van der Waals surface area contributed by atoms with Crippen LogP contribution in [0.3, 0.4) is 0 Å². The van der Waals surface area contributed by atoms with E-state index >= 15 is 0 Å². The van der Waals surface area contributed by atoms with Crippen LogP contribution >= 0.6 is 23.1 Å². The SMILES string of the molecule is COc1ccc(-c2sc(N(Cl)c3nccc(N4CCC[C@H](NC(=O)OC(C)(C)C)C4)n3)nc2C)cc1. The molecule has 0 spiro atoms. The Labute approximate surface area is 220 Å². The first-order valence-electron chi connectivity index (χ1n) is 11.8. The second-order valence-electron chi connectivity index (χ2n) is 9.57. The maximum Gasteiger partial charge on any atom is 0.407 e. The zero-order chi connectivity index (χ0) is 25.9. The van der Waals surface area contributed by atoms with Gasteiger partial charge in [0, 0.05) is 37.1 Å². The predicted molar refractivity (Wildman–Crippen MR) is 143 cm³/mol. The van der Waals surface area contributed by atoms with E-state index in [-0.39, 0.29) is 6.04 Å². The van der Waals surface area contributed by atoms with Crippen molar-refractivity contribution >= 4 is 46.1 Å². The lowest BCUT2D eigenvalue weighted by atomic mass is 10.1. The number of methoxy groups -OCH3 is 1. The number of thiazole rings is 1. The number of hydrogen-bond donors (Lipinski definition) is 1. The summed E-state index contributed by atoms with van der Waals surface area (Å²) >= 11 is 8.14. The molecule has 1 aliphatic rings. The summed E-state index contributed by atoms with van der Waals surface area (Å²) in [5.41, 5.74) is 1.37. The number of rotatable bonds is 6. The molecule has 11 heteroatoms. The van der Waals surface area contributed by atoms with Crippen molar-refractivity contribution in [3.8, 4) is 16.2 Å². The van der Waals surface area contributed by atoms with Gasteiger partial charge in [-0.15, -0.1) is 0 Å². The molecule has 1 fully saturated rings. The van der Waals surface area contributed by atoms with Crippen molar-refractivity contribution in [2.75, 3.05) is 29.5 Å². The third-order valence-electron chi connectivity index (χ3n) is 5.58. The van der Waals surface area contributed by atoms with E-state index in [0.717, 1.165) is 47.1 Å². The van der Waals surface area contributed by atoms with Crippen molar-refractivity contribution in [2.45, 2.75) is 52.2 Å². The van der Waals surface area contributed by atoms with E-state index in [1.54, 1.807) is 13.3 Å². The molecular weight excluding hydrogens is 500 g/mol. The van der Waals surface area contributed by atoms with Crippen LogP contribution in [0.2, 0.25) is 0 Å². The van der Waals surface area contributed by atoms with Gasteiger partial charge in [-0.05, 0) is 76.4 Å². The molecular formula is C25H31ClN6O3S. The second kappa shape index (κ2) is 10.9. The molecule has 0 saturated carbocycles. The molecule has 1 aromatic carbocycles. The van der Waals surface area contributed by atoms with E-state index in [1.807, 2.05) is 58.0 Å². The summed E-state index contributed by atoms with van der Waals surface area (Å²) in [4.78, 5) is 29.1. The number of nitrogens with one attached hydrogen (secondary N) is 1. The van der Waals surface area contributed by atoms with Gasteiger partial charge in [-0.3, -0.25) is 0 Å². The van der Waals surface area contributed by atoms with Crippen LogP contribution in [0, 0.1) is 6.92 Å². The number of carbonyl (C=O) groups excluding carboxylic acids is 1. The van der Waals surface area contributed by atoms with Crippen molar-refractivity contribution in [3.63, 3.8) is 0 Å². The Morgan fingerprint density at radius 3 is 2.67 bits per heavy atom. The smallest absolute Gasteiger partial charge is 0.407 e. The van der Waals surface area contributed by atoms with E-state index in [1.165, 1.54) is 15.8 Å². The van der Waals surface area contributed by atoms with Crippen LogP contribution in [0.1, 0.15) is 39.3 Å². The van der Waals surface area contributed by atoms with Gasteiger partial charge in [0.25, 0.3) is 0 Å². The molecule has 3 aromatic rings. The Hall–Kier alpha value is -3.11. The van der Waals surface area contributed by atoms with Gasteiger partial charge in [-0.25, -0.2) is 14.8 Å². The molecule has 1 saturated heterocycles.